The summed E-state index contributed by atoms with van der Waals surface area (Å²) >= 11 is 1.84. The van der Waals surface area contributed by atoms with Crippen molar-refractivity contribution in [3.05, 3.63) is 22.4 Å². The lowest BCUT2D eigenvalue weighted by Crippen LogP contribution is -2.19. The zero-order chi connectivity index (χ0) is 7.52. The molecule has 2 heterocycles. The summed E-state index contributed by atoms with van der Waals surface area (Å²) in [5.41, 5.74) is 0. The Bertz CT molecular complexity index is 199. The molecule has 59 valence electrons. The first-order valence-corrected chi connectivity index (χ1v) is 5.05. The SMILES string of the molecule is c1csc(C2CCCC[N]2)c1. The molecule has 1 aliphatic rings. The first-order valence-electron chi connectivity index (χ1n) is 4.17. The molecular weight excluding hydrogens is 154 g/mol. The molecule has 2 rings (SSSR count). The van der Waals surface area contributed by atoms with Crippen molar-refractivity contribution in [2.45, 2.75) is 25.3 Å². The van der Waals surface area contributed by atoms with Crippen LogP contribution in [-0.2, 0) is 0 Å². The summed E-state index contributed by atoms with van der Waals surface area (Å²) < 4.78 is 0. The Balaban J connectivity index is 2.04. The molecule has 0 saturated carbocycles. The van der Waals surface area contributed by atoms with Crippen molar-refractivity contribution in [2.24, 2.45) is 0 Å². The van der Waals surface area contributed by atoms with Gasteiger partial charge in [0, 0.05) is 11.4 Å². The van der Waals surface area contributed by atoms with Gasteiger partial charge in [0.15, 0.2) is 0 Å². The van der Waals surface area contributed by atoms with E-state index < -0.39 is 0 Å². The minimum atomic E-state index is 0.531. The molecule has 0 bridgehead atoms. The van der Waals surface area contributed by atoms with Crippen LogP contribution in [0.3, 0.4) is 0 Å². The summed E-state index contributed by atoms with van der Waals surface area (Å²) in [6.07, 6.45) is 3.91. The van der Waals surface area contributed by atoms with Gasteiger partial charge in [-0.3, -0.25) is 0 Å². The predicted molar refractivity (Wildman–Crippen MR) is 47.9 cm³/mol. The molecular formula is C9H12NS. The molecule has 1 atom stereocenters. The maximum absolute atomic E-state index is 4.58. The zero-order valence-corrected chi connectivity index (χ0v) is 7.31. The normalized spacial score (nSPS) is 25.3. The van der Waals surface area contributed by atoms with Crippen LogP contribution in [0.5, 0.6) is 0 Å². The molecule has 1 nitrogen and oxygen atoms in total. The Hall–Kier alpha value is -0.340. The van der Waals surface area contributed by atoms with E-state index in [0.29, 0.717) is 6.04 Å². The van der Waals surface area contributed by atoms with E-state index in [1.165, 1.54) is 24.1 Å². The molecule has 0 aliphatic carbocycles. The molecule has 0 N–H and O–H groups in total. The average molecular weight is 166 g/mol. The van der Waals surface area contributed by atoms with E-state index in [4.69, 9.17) is 0 Å². The molecule has 1 radical (unpaired) electrons. The molecule has 0 spiro atoms. The Morgan fingerprint density at radius 2 is 2.45 bits per heavy atom. The largest absolute Gasteiger partial charge is 0.233 e. The second kappa shape index (κ2) is 3.37. The average Bonchev–Trinajstić information content (AvgIpc) is 2.58. The second-order valence-electron chi connectivity index (χ2n) is 2.93. The first-order chi connectivity index (χ1) is 5.47. The van der Waals surface area contributed by atoms with Gasteiger partial charge >= 0.3 is 0 Å². The monoisotopic (exact) mass is 166 g/mol. The zero-order valence-electron chi connectivity index (χ0n) is 6.49. The van der Waals surface area contributed by atoms with Crippen LogP contribution in [0.15, 0.2) is 17.5 Å². The van der Waals surface area contributed by atoms with Crippen molar-refractivity contribution < 1.29 is 0 Å². The van der Waals surface area contributed by atoms with Crippen LogP contribution in [0, 0.1) is 0 Å². The lowest BCUT2D eigenvalue weighted by Gasteiger charge is -2.19. The van der Waals surface area contributed by atoms with Crippen molar-refractivity contribution in [1.82, 2.24) is 5.32 Å². The standard InChI is InChI=1S/C9H12NS/c1-2-6-10-8(4-1)9-5-3-7-11-9/h3,5,7-8H,1-2,4,6H2. The van der Waals surface area contributed by atoms with Crippen LogP contribution in [0.4, 0.5) is 0 Å². The summed E-state index contributed by atoms with van der Waals surface area (Å²) in [7, 11) is 0. The molecule has 0 aromatic carbocycles. The van der Waals surface area contributed by atoms with Gasteiger partial charge in [-0.05, 0) is 24.3 Å². The Morgan fingerprint density at radius 3 is 3.09 bits per heavy atom. The van der Waals surface area contributed by atoms with E-state index >= 15 is 0 Å². The summed E-state index contributed by atoms with van der Waals surface area (Å²) in [5.74, 6) is 0. The van der Waals surface area contributed by atoms with Gasteiger partial charge in [-0.25, -0.2) is 5.32 Å². The van der Waals surface area contributed by atoms with Crippen LogP contribution in [-0.4, -0.2) is 6.54 Å². The lowest BCUT2D eigenvalue weighted by molar-refractivity contribution is 0.408. The minimum absolute atomic E-state index is 0.531. The van der Waals surface area contributed by atoms with E-state index in [1.807, 2.05) is 11.3 Å². The van der Waals surface area contributed by atoms with Crippen molar-refractivity contribution in [2.75, 3.05) is 6.54 Å². The number of nitrogens with zero attached hydrogens (tertiary/aromatic N) is 1. The van der Waals surface area contributed by atoms with Crippen LogP contribution < -0.4 is 5.32 Å². The molecule has 1 aromatic heterocycles. The highest BCUT2D eigenvalue weighted by atomic mass is 32.1. The molecule has 11 heavy (non-hydrogen) atoms. The minimum Gasteiger partial charge on any atom is -0.233 e. The highest BCUT2D eigenvalue weighted by Crippen LogP contribution is 2.27. The molecule has 2 heteroatoms. The van der Waals surface area contributed by atoms with Crippen molar-refractivity contribution in [3.63, 3.8) is 0 Å². The fourth-order valence-electron chi connectivity index (χ4n) is 1.50. The predicted octanol–water partition coefficient (Wildman–Crippen LogP) is 2.58. The van der Waals surface area contributed by atoms with Gasteiger partial charge in [0.05, 0.1) is 6.04 Å². The maximum Gasteiger partial charge on any atom is 0.0588 e. The summed E-state index contributed by atoms with van der Waals surface area (Å²) in [4.78, 5) is 1.45. The van der Waals surface area contributed by atoms with Crippen LogP contribution in [0.25, 0.3) is 0 Å². The highest BCUT2D eigenvalue weighted by Gasteiger charge is 2.15. The Morgan fingerprint density at radius 1 is 1.45 bits per heavy atom. The van der Waals surface area contributed by atoms with E-state index in [-0.39, 0.29) is 0 Å². The third-order valence-electron chi connectivity index (χ3n) is 2.11. The van der Waals surface area contributed by atoms with Gasteiger partial charge in [-0.1, -0.05) is 12.5 Å². The fourth-order valence-corrected chi connectivity index (χ4v) is 2.32. The first kappa shape index (κ1) is 7.32. The van der Waals surface area contributed by atoms with Crippen molar-refractivity contribution in [3.8, 4) is 0 Å². The van der Waals surface area contributed by atoms with Gasteiger partial charge in [-0.2, -0.15) is 0 Å². The van der Waals surface area contributed by atoms with Crippen LogP contribution in [0.2, 0.25) is 0 Å². The molecule has 0 amide bonds. The van der Waals surface area contributed by atoms with Gasteiger partial charge < -0.3 is 0 Å². The number of piperidine rings is 1. The smallest absolute Gasteiger partial charge is 0.0588 e. The highest BCUT2D eigenvalue weighted by molar-refractivity contribution is 7.10. The van der Waals surface area contributed by atoms with Gasteiger partial charge in [0.1, 0.15) is 0 Å². The number of thiophene rings is 1. The summed E-state index contributed by atoms with van der Waals surface area (Å²) in [6.45, 7) is 1.07. The third kappa shape index (κ3) is 1.63. The van der Waals surface area contributed by atoms with E-state index in [2.05, 4.69) is 22.8 Å². The molecule has 1 fully saturated rings. The van der Waals surface area contributed by atoms with E-state index in [1.54, 1.807) is 0 Å². The van der Waals surface area contributed by atoms with E-state index in [9.17, 15) is 0 Å². The number of hydrogen-bond acceptors (Lipinski definition) is 1. The second-order valence-corrected chi connectivity index (χ2v) is 3.91. The van der Waals surface area contributed by atoms with Gasteiger partial charge in [0.25, 0.3) is 0 Å². The summed E-state index contributed by atoms with van der Waals surface area (Å²) in [5, 5.41) is 6.72. The van der Waals surface area contributed by atoms with Gasteiger partial charge in [-0.15, -0.1) is 11.3 Å². The maximum atomic E-state index is 4.58. The third-order valence-corrected chi connectivity index (χ3v) is 3.08. The fraction of sp³-hybridized carbons (Fsp3) is 0.556. The van der Waals surface area contributed by atoms with Gasteiger partial charge in [0.2, 0.25) is 0 Å². The quantitative estimate of drug-likeness (QED) is 0.609. The summed E-state index contributed by atoms with van der Waals surface area (Å²) in [6, 6.07) is 4.85. The lowest BCUT2D eigenvalue weighted by atomic mass is 10.0. The van der Waals surface area contributed by atoms with Crippen molar-refractivity contribution >= 4 is 11.3 Å². The number of hydrogen-bond donors (Lipinski definition) is 0. The van der Waals surface area contributed by atoms with E-state index in [0.717, 1.165) is 6.54 Å². The van der Waals surface area contributed by atoms with Crippen LogP contribution >= 0.6 is 11.3 Å². The molecule has 1 aromatic rings. The van der Waals surface area contributed by atoms with Crippen molar-refractivity contribution in [1.29, 1.82) is 0 Å². The van der Waals surface area contributed by atoms with Crippen LogP contribution in [0.1, 0.15) is 30.2 Å². The topological polar surface area (TPSA) is 14.1 Å². The Kier molecular flexibility index (Phi) is 2.24. The molecule has 1 saturated heterocycles. The molecule has 1 aliphatic heterocycles. The Labute approximate surface area is 71.4 Å². The molecule has 1 unspecified atom stereocenters. The number of rotatable bonds is 1.